The Balaban J connectivity index is 2.86. The third kappa shape index (κ3) is 3.09. The second kappa shape index (κ2) is 6.79. The Hall–Kier alpha value is -2.49. The molecule has 2 rings (SSSR count). The number of rotatable bonds is 5. The molecule has 3 N–H and O–H groups in total. The van der Waals surface area contributed by atoms with Crippen LogP contribution in [0.5, 0.6) is 11.5 Å². The van der Waals surface area contributed by atoms with Gasteiger partial charge >= 0.3 is 5.97 Å². The lowest BCUT2D eigenvalue weighted by atomic mass is 9.70. The number of carboxylic acids is 1. The van der Waals surface area contributed by atoms with E-state index in [1.165, 1.54) is 0 Å². The highest BCUT2D eigenvalue weighted by Crippen LogP contribution is 2.42. The van der Waals surface area contributed by atoms with Crippen molar-refractivity contribution in [1.29, 1.82) is 0 Å². The molecule has 0 aliphatic heterocycles. The van der Waals surface area contributed by atoms with E-state index in [2.05, 4.69) is 0 Å². The average molecular weight is 342 g/mol. The number of phenols is 2. The second-order valence-electron chi connectivity index (χ2n) is 6.88. The Bertz CT molecular complexity index is 717. The first-order valence-corrected chi connectivity index (χ1v) is 8.50. The summed E-state index contributed by atoms with van der Waals surface area (Å²) >= 11 is 0. The smallest absolute Gasteiger partial charge is 0.318 e. The molecule has 0 amide bonds. The van der Waals surface area contributed by atoms with Gasteiger partial charge in [-0.3, -0.25) is 4.79 Å². The summed E-state index contributed by atoms with van der Waals surface area (Å²) in [5.41, 5.74) is 2.71. The van der Waals surface area contributed by atoms with Crippen molar-refractivity contribution in [2.24, 2.45) is 0 Å². The molecule has 0 spiro atoms. The number of phenolic OH excluding ortho intramolecular Hbond substituents is 2. The molecule has 0 radical (unpaired) electrons. The summed E-state index contributed by atoms with van der Waals surface area (Å²) in [6.45, 7) is 9.06. The van der Waals surface area contributed by atoms with Gasteiger partial charge in [-0.05, 0) is 67.5 Å². The highest BCUT2D eigenvalue weighted by Gasteiger charge is 2.42. The molecular weight excluding hydrogens is 316 g/mol. The fourth-order valence-corrected chi connectivity index (χ4v) is 3.59. The number of hydrogen-bond donors (Lipinski definition) is 3. The minimum atomic E-state index is -1.22. The Morgan fingerprint density at radius 1 is 0.840 bits per heavy atom. The van der Waals surface area contributed by atoms with Gasteiger partial charge in [-0.15, -0.1) is 0 Å². The molecule has 0 aliphatic rings. The van der Waals surface area contributed by atoms with Crippen LogP contribution in [0.2, 0.25) is 0 Å². The molecule has 2 aromatic rings. The van der Waals surface area contributed by atoms with Gasteiger partial charge < -0.3 is 15.3 Å². The van der Waals surface area contributed by atoms with Gasteiger partial charge in [0.15, 0.2) is 0 Å². The Kier molecular flexibility index (Phi) is 5.12. The predicted molar refractivity (Wildman–Crippen MR) is 98.5 cm³/mol. The average Bonchev–Trinajstić information content (AvgIpc) is 2.54. The van der Waals surface area contributed by atoms with E-state index in [0.717, 1.165) is 0 Å². The van der Waals surface area contributed by atoms with Gasteiger partial charge in [0, 0.05) is 0 Å². The zero-order valence-corrected chi connectivity index (χ0v) is 15.5. The largest absolute Gasteiger partial charge is 0.507 e. The quantitative estimate of drug-likeness (QED) is 0.747. The molecule has 4 nitrogen and oxygen atoms in total. The summed E-state index contributed by atoms with van der Waals surface area (Å²) in [5.74, 6) is -0.543. The zero-order valence-electron chi connectivity index (χ0n) is 15.5. The fraction of sp³-hybridized carbons (Fsp3) is 0.381. The summed E-state index contributed by atoms with van der Waals surface area (Å²) in [6, 6.07) is 7.01. The van der Waals surface area contributed by atoms with Crippen molar-refractivity contribution < 1.29 is 20.1 Å². The minimum Gasteiger partial charge on any atom is -0.507 e. The number of aliphatic carboxylic acids is 1. The minimum absolute atomic E-state index is 0.192. The second-order valence-corrected chi connectivity index (χ2v) is 6.88. The SMILES string of the molecule is CCCC(C(=O)O)(c1cc(C)c(O)c(C)c1)c1cc(C)c(O)c(C)c1. The van der Waals surface area contributed by atoms with E-state index in [0.29, 0.717) is 46.2 Å². The van der Waals surface area contributed by atoms with Crippen molar-refractivity contribution in [3.05, 3.63) is 57.6 Å². The van der Waals surface area contributed by atoms with E-state index in [9.17, 15) is 20.1 Å². The highest BCUT2D eigenvalue weighted by molar-refractivity contribution is 5.86. The molecular formula is C21H26O4. The van der Waals surface area contributed by atoms with Crippen LogP contribution >= 0.6 is 0 Å². The van der Waals surface area contributed by atoms with Crippen LogP contribution in [-0.2, 0) is 10.2 Å². The number of aromatic hydroxyl groups is 2. The number of carboxylic acid groups (broad SMARTS) is 1. The molecule has 134 valence electrons. The van der Waals surface area contributed by atoms with Gasteiger partial charge in [-0.2, -0.15) is 0 Å². The van der Waals surface area contributed by atoms with Crippen LogP contribution < -0.4 is 0 Å². The molecule has 2 aromatic carbocycles. The first kappa shape index (κ1) is 18.8. The number of carbonyl (C=O) groups is 1. The molecule has 25 heavy (non-hydrogen) atoms. The Morgan fingerprint density at radius 2 is 1.16 bits per heavy atom. The normalized spacial score (nSPS) is 11.6. The Labute approximate surface area is 148 Å². The summed E-state index contributed by atoms with van der Waals surface area (Å²) < 4.78 is 0. The summed E-state index contributed by atoms with van der Waals surface area (Å²) in [4.78, 5) is 12.5. The maximum atomic E-state index is 12.5. The van der Waals surface area contributed by atoms with E-state index in [4.69, 9.17) is 0 Å². The lowest BCUT2D eigenvalue weighted by Gasteiger charge is -2.32. The number of benzene rings is 2. The maximum absolute atomic E-state index is 12.5. The number of aryl methyl sites for hydroxylation is 4. The molecule has 0 fully saturated rings. The first-order valence-electron chi connectivity index (χ1n) is 8.50. The van der Waals surface area contributed by atoms with Crippen LogP contribution in [0.25, 0.3) is 0 Å². The van der Waals surface area contributed by atoms with Crippen molar-refractivity contribution in [2.75, 3.05) is 0 Å². The maximum Gasteiger partial charge on any atom is 0.318 e. The first-order chi connectivity index (χ1) is 11.6. The van der Waals surface area contributed by atoms with Crippen molar-refractivity contribution in [3.63, 3.8) is 0 Å². The third-order valence-electron chi connectivity index (χ3n) is 4.96. The van der Waals surface area contributed by atoms with Gasteiger partial charge in [0.25, 0.3) is 0 Å². The van der Waals surface area contributed by atoms with Gasteiger partial charge in [-0.25, -0.2) is 0 Å². The van der Waals surface area contributed by atoms with Gasteiger partial charge in [0.1, 0.15) is 16.9 Å². The Morgan fingerprint density at radius 3 is 1.40 bits per heavy atom. The van der Waals surface area contributed by atoms with Crippen molar-refractivity contribution in [1.82, 2.24) is 0 Å². The number of hydrogen-bond acceptors (Lipinski definition) is 3. The summed E-state index contributed by atoms with van der Waals surface area (Å²) in [5, 5.41) is 30.4. The van der Waals surface area contributed by atoms with Crippen LogP contribution in [0.15, 0.2) is 24.3 Å². The molecule has 0 unspecified atom stereocenters. The van der Waals surface area contributed by atoms with Crippen LogP contribution in [0.4, 0.5) is 0 Å². The van der Waals surface area contributed by atoms with Crippen LogP contribution in [0.1, 0.15) is 53.1 Å². The lowest BCUT2D eigenvalue weighted by Crippen LogP contribution is -2.37. The molecule has 0 aliphatic carbocycles. The molecule has 0 aromatic heterocycles. The predicted octanol–water partition coefficient (Wildman–Crippen LogP) is 4.50. The van der Waals surface area contributed by atoms with E-state index in [1.807, 2.05) is 6.92 Å². The van der Waals surface area contributed by atoms with E-state index >= 15 is 0 Å². The molecule has 0 heterocycles. The van der Waals surface area contributed by atoms with Crippen LogP contribution in [0.3, 0.4) is 0 Å². The standard InChI is InChI=1S/C21H26O4/c1-6-7-21(20(24)25,16-8-12(2)18(22)13(3)9-16)17-10-14(4)19(23)15(5)11-17/h8-11,22-23H,6-7H2,1-5H3,(H,24,25). The summed E-state index contributed by atoms with van der Waals surface area (Å²) in [6.07, 6.45) is 1.11. The molecule has 4 heteroatoms. The van der Waals surface area contributed by atoms with Crippen LogP contribution in [0, 0.1) is 27.7 Å². The molecule has 0 saturated heterocycles. The zero-order chi connectivity index (χ0) is 18.9. The molecule has 0 saturated carbocycles. The molecule has 0 atom stereocenters. The topological polar surface area (TPSA) is 77.8 Å². The van der Waals surface area contributed by atoms with E-state index in [-0.39, 0.29) is 11.5 Å². The fourth-order valence-electron chi connectivity index (χ4n) is 3.59. The molecule has 0 bridgehead atoms. The van der Waals surface area contributed by atoms with E-state index < -0.39 is 11.4 Å². The lowest BCUT2D eigenvalue weighted by molar-refractivity contribution is -0.142. The van der Waals surface area contributed by atoms with Crippen LogP contribution in [-0.4, -0.2) is 21.3 Å². The van der Waals surface area contributed by atoms with Crippen molar-refractivity contribution in [2.45, 2.75) is 52.9 Å². The highest BCUT2D eigenvalue weighted by atomic mass is 16.4. The van der Waals surface area contributed by atoms with E-state index in [1.54, 1.807) is 52.0 Å². The van der Waals surface area contributed by atoms with Gasteiger partial charge in [-0.1, -0.05) is 37.6 Å². The summed E-state index contributed by atoms with van der Waals surface area (Å²) in [7, 11) is 0. The monoisotopic (exact) mass is 342 g/mol. The van der Waals surface area contributed by atoms with Crippen molar-refractivity contribution in [3.8, 4) is 11.5 Å². The van der Waals surface area contributed by atoms with Crippen molar-refractivity contribution >= 4 is 5.97 Å². The third-order valence-corrected chi connectivity index (χ3v) is 4.96. The van der Waals surface area contributed by atoms with Gasteiger partial charge in [0.05, 0.1) is 0 Å². The van der Waals surface area contributed by atoms with Gasteiger partial charge in [0.2, 0.25) is 0 Å².